The number of rotatable bonds is 7. The topological polar surface area (TPSA) is 100 Å². The molecule has 7 nitrogen and oxygen atoms in total. The van der Waals surface area contributed by atoms with E-state index >= 15 is 0 Å². The number of hydrogen-bond donors (Lipinski definition) is 1. The van der Waals surface area contributed by atoms with Gasteiger partial charge in [0.25, 0.3) is 0 Å². The molecule has 0 aliphatic rings. The molecule has 1 aromatic rings. The molecule has 1 rings (SSSR count). The summed E-state index contributed by atoms with van der Waals surface area (Å²) in [4.78, 5) is 21.6. The van der Waals surface area contributed by atoms with Gasteiger partial charge < -0.3 is 15.0 Å². The molecule has 1 aromatic heterocycles. The number of nitrogens with two attached hydrogens (primary N) is 1. The summed E-state index contributed by atoms with van der Waals surface area (Å²) in [6, 6.07) is 0. The summed E-state index contributed by atoms with van der Waals surface area (Å²) in [6.07, 6.45) is 1.04. The Morgan fingerprint density at radius 1 is 1.39 bits per heavy atom. The molecule has 8 heteroatoms. The summed E-state index contributed by atoms with van der Waals surface area (Å²) in [6.45, 7) is 0. The Balaban J connectivity index is 2.47. The molecule has 0 spiro atoms. The van der Waals surface area contributed by atoms with Gasteiger partial charge in [0, 0.05) is 25.6 Å². The molecule has 0 saturated carbocycles. The lowest BCUT2D eigenvalue weighted by molar-refractivity contribution is -0.140. The minimum Gasteiger partial charge on any atom is -0.469 e. The quantitative estimate of drug-likeness (QED) is 0.549. The molecule has 100 valence electrons. The highest BCUT2D eigenvalue weighted by Crippen LogP contribution is 2.17. The molecule has 0 aliphatic heterocycles. The van der Waals surface area contributed by atoms with Gasteiger partial charge in [0.15, 0.2) is 5.16 Å². The summed E-state index contributed by atoms with van der Waals surface area (Å²) in [5, 5.41) is 8.67. The van der Waals surface area contributed by atoms with E-state index in [0.717, 1.165) is 0 Å². The van der Waals surface area contributed by atoms with Gasteiger partial charge in [-0.25, -0.2) is 0 Å². The highest BCUT2D eigenvalue weighted by atomic mass is 32.2. The van der Waals surface area contributed by atoms with Gasteiger partial charge >= 0.3 is 5.97 Å². The average molecular weight is 272 g/mol. The minimum absolute atomic E-state index is 0.249. The molecular formula is C10H16N4O3S. The Kier molecular flexibility index (Phi) is 5.63. The van der Waals surface area contributed by atoms with Crippen LogP contribution in [0.5, 0.6) is 0 Å². The predicted octanol–water partition coefficient (Wildman–Crippen LogP) is -0.112. The molecule has 0 atom stereocenters. The zero-order chi connectivity index (χ0) is 13.5. The second kappa shape index (κ2) is 7.00. The van der Waals surface area contributed by atoms with E-state index in [1.54, 1.807) is 4.57 Å². The minimum atomic E-state index is -0.363. The highest BCUT2D eigenvalue weighted by Gasteiger charge is 2.10. The molecule has 0 aliphatic carbocycles. The number of thioether (sulfide) groups is 1. The van der Waals surface area contributed by atoms with Crippen molar-refractivity contribution in [2.24, 2.45) is 12.8 Å². The van der Waals surface area contributed by atoms with Gasteiger partial charge in [-0.15, -0.1) is 10.2 Å². The van der Waals surface area contributed by atoms with Crippen molar-refractivity contribution in [3.8, 4) is 0 Å². The van der Waals surface area contributed by atoms with Crippen molar-refractivity contribution in [2.45, 2.75) is 24.4 Å². The van der Waals surface area contributed by atoms with Crippen LogP contribution in [0, 0.1) is 0 Å². The van der Waals surface area contributed by atoms with Crippen molar-refractivity contribution >= 4 is 23.6 Å². The SMILES string of the molecule is COC(=O)CCSc1nnc(CCC(N)=O)n1C. The lowest BCUT2D eigenvalue weighted by Crippen LogP contribution is -2.12. The number of primary amides is 1. The number of aromatic nitrogens is 3. The second-order valence-corrected chi connectivity index (χ2v) is 4.66. The van der Waals surface area contributed by atoms with Gasteiger partial charge in [0.2, 0.25) is 5.91 Å². The van der Waals surface area contributed by atoms with Gasteiger partial charge in [0.1, 0.15) is 5.82 Å². The lowest BCUT2D eigenvalue weighted by atomic mass is 10.3. The molecular weight excluding hydrogens is 256 g/mol. The van der Waals surface area contributed by atoms with Crippen molar-refractivity contribution in [1.82, 2.24) is 14.8 Å². The van der Waals surface area contributed by atoms with Gasteiger partial charge in [-0.05, 0) is 0 Å². The first-order chi connectivity index (χ1) is 8.54. The maximum Gasteiger partial charge on any atom is 0.306 e. The molecule has 2 N–H and O–H groups in total. The molecule has 0 bridgehead atoms. The Morgan fingerprint density at radius 3 is 2.72 bits per heavy atom. The summed E-state index contributed by atoms with van der Waals surface area (Å²) >= 11 is 1.42. The van der Waals surface area contributed by atoms with Gasteiger partial charge in [0.05, 0.1) is 13.5 Å². The molecule has 0 unspecified atom stereocenters. The van der Waals surface area contributed by atoms with Crippen LogP contribution in [-0.4, -0.2) is 39.5 Å². The normalized spacial score (nSPS) is 10.3. The Labute approximate surface area is 109 Å². The Morgan fingerprint density at radius 2 is 2.11 bits per heavy atom. The molecule has 0 aromatic carbocycles. The number of aryl methyl sites for hydroxylation is 1. The first kappa shape index (κ1) is 14.5. The van der Waals surface area contributed by atoms with Crippen LogP contribution in [0.4, 0.5) is 0 Å². The van der Waals surface area contributed by atoms with Crippen LogP contribution in [0.15, 0.2) is 5.16 Å². The summed E-state index contributed by atoms with van der Waals surface area (Å²) in [5.41, 5.74) is 5.07. The number of esters is 1. The standard InChI is InChI=1S/C10H16N4O3S/c1-14-8(4-3-7(11)15)12-13-10(14)18-6-5-9(16)17-2/h3-6H2,1-2H3,(H2,11,15). The van der Waals surface area contributed by atoms with Crippen molar-refractivity contribution < 1.29 is 14.3 Å². The summed E-state index contributed by atoms with van der Waals surface area (Å²) in [7, 11) is 3.17. The van der Waals surface area contributed by atoms with E-state index in [1.165, 1.54) is 18.9 Å². The van der Waals surface area contributed by atoms with E-state index in [-0.39, 0.29) is 18.3 Å². The van der Waals surface area contributed by atoms with Crippen LogP contribution in [0.25, 0.3) is 0 Å². The molecule has 1 amide bonds. The van der Waals surface area contributed by atoms with E-state index in [9.17, 15) is 9.59 Å². The first-order valence-corrected chi connectivity index (χ1v) is 6.39. The maximum absolute atomic E-state index is 10.9. The highest BCUT2D eigenvalue weighted by molar-refractivity contribution is 7.99. The van der Waals surface area contributed by atoms with E-state index in [1.807, 2.05) is 7.05 Å². The van der Waals surface area contributed by atoms with Crippen LogP contribution in [0.1, 0.15) is 18.7 Å². The zero-order valence-electron chi connectivity index (χ0n) is 10.4. The van der Waals surface area contributed by atoms with Gasteiger partial charge in [-0.2, -0.15) is 0 Å². The third-order valence-electron chi connectivity index (χ3n) is 2.29. The number of amides is 1. The van der Waals surface area contributed by atoms with Crippen LogP contribution in [0.2, 0.25) is 0 Å². The fourth-order valence-corrected chi connectivity index (χ4v) is 2.10. The van der Waals surface area contributed by atoms with Crippen LogP contribution >= 0.6 is 11.8 Å². The average Bonchev–Trinajstić information content (AvgIpc) is 2.68. The lowest BCUT2D eigenvalue weighted by Gasteiger charge is -2.02. The maximum atomic E-state index is 10.9. The van der Waals surface area contributed by atoms with E-state index in [4.69, 9.17) is 5.73 Å². The van der Waals surface area contributed by atoms with Gasteiger partial charge in [-0.1, -0.05) is 11.8 Å². The summed E-state index contributed by atoms with van der Waals surface area (Å²) in [5.74, 6) is 0.667. The van der Waals surface area contributed by atoms with Crippen molar-refractivity contribution in [3.05, 3.63) is 5.82 Å². The number of nitrogens with zero attached hydrogens (tertiary/aromatic N) is 3. The van der Waals surface area contributed by atoms with E-state index in [2.05, 4.69) is 14.9 Å². The number of ether oxygens (including phenoxy) is 1. The molecule has 0 saturated heterocycles. The fraction of sp³-hybridized carbons (Fsp3) is 0.600. The molecule has 0 radical (unpaired) electrons. The molecule has 1 heterocycles. The van der Waals surface area contributed by atoms with Crippen LogP contribution < -0.4 is 5.73 Å². The number of carbonyl (C=O) groups excluding carboxylic acids is 2. The molecule has 0 fully saturated rings. The fourth-order valence-electron chi connectivity index (χ4n) is 1.25. The number of carbonyl (C=O) groups is 2. The van der Waals surface area contributed by atoms with Gasteiger partial charge in [-0.3, -0.25) is 9.59 Å². The van der Waals surface area contributed by atoms with Crippen LogP contribution in [-0.2, 0) is 27.8 Å². The predicted molar refractivity (Wildman–Crippen MR) is 65.9 cm³/mol. The summed E-state index contributed by atoms with van der Waals surface area (Å²) < 4.78 is 6.34. The Hall–Kier alpha value is -1.57. The van der Waals surface area contributed by atoms with E-state index < -0.39 is 0 Å². The van der Waals surface area contributed by atoms with Crippen LogP contribution in [0.3, 0.4) is 0 Å². The second-order valence-electron chi connectivity index (χ2n) is 3.60. The smallest absolute Gasteiger partial charge is 0.306 e. The first-order valence-electron chi connectivity index (χ1n) is 5.40. The zero-order valence-corrected chi connectivity index (χ0v) is 11.2. The van der Waals surface area contributed by atoms with Crippen molar-refractivity contribution in [3.63, 3.8) is 0 Å². The largest absolute Gasteiger partial charge is 0.469 e. The monoisotopic (exact) mass is 272 g/mol. The third-order valence-corrected chi connectivity index (χ3v) is 3.31. The van der Waals surface area contributed by atoms with Crippen molar-refractivity contribution in [2.75, 3.05) is 12.9 Å². The van der Waals surface area contributed by atoms with E-state index in [0.29, 0.717) is 29.6 Å². The number of methoxy groups -OCH3 is 1. The van der Waals surface area contributed by atoms with Crippen molar-refractivity contribution in [1.29, 1.82) is 0 Å². The number of hydrogen-bond acceptors (Lipinski definition) is 6. The molecule has 18 heavy (non-hydrogen) atoms. The third kappa shape index (κ3) is 4.36. The Bertz CT molecular complexity index is 433.